The van der Waals surface area contributed by atoms with E-state index in [-0.39, 0.29) is 6.04 Å². The lowest BCUT2D eigenvalue weighted by atomic mass is 9.79. The van der Waals surface area contributed by atoms with Crippen LogP contribution in [0, 0.1) is 5.92 Å². The average Bonchev–Trinajstić information content (AvgIpc) is 2.65. The molecule has 1 atom stereocenters. The maximum atomic E-state index is 5.96. The lowest BCUT2D eigenvalue weighted by Gasteiger charge is -2.31. The molecule has 90 valence electrons. The molecule has 0 bridgehead atoms. The first-order chi connectivity index (χ1) is 8.28. The van der Waals surface area contributed by atoms with E-state index in [2.05, 4.69) is 5.43 Å². The van der Waals surface area contributed by atoms with Gasteiger partial charge in [0.1, 0.15) is 11.3 Å². The van der Waals surface area contributed by atoms with Gasteiger partial charge in [0.25, 0.3) is 0 Å². The fraction of sp³-hybridized carbons (Fsp3) is 0.385. The van der Waals surface area contributed by atoms with Crippen molar-refractivity contribution in [1.29, 1.82) is 0 Å². The Hall–Kier alpha value is -1.03. The molecular formula is C13H15ClN2O. The van der Waals surface area contributed by atoms with E-state index < -0.39 is 0 Å². The Bertz CT molecular complexity index is 533. The number of furan rings is 1. The third kappa shape index (κ3) is 1.95. The molecule has 1 aromatic heterocycles. The molecule has 3 N–H and O–H groups in total. The maximum Gasteiger partial charge on any atom is 0.134 e. The zero-order valence-corrected chi connectivity index (χ0v) is 10.2. The molecule has 0 spiro atoms. The van der Waals surface area contributed by atoms with Gasteiger partial charge >= 0.3 is 0 Å². The predicted octanol–water partition coefficient (Wildman–Crippen LogP) is 3.39. The summed E-state index contributed by atoms with van der Waals surface area (Å²) in [5, 5.41) is 1.76. The lowest BCUT2D eigenvalue weighted by molar-refractivity contribution is 0.211. The second-order valence-corrected chi connectivity index (χ2v) is 5.10. The normalized spacial score (nSPS) is 18.2. The van der Waals surface area contributed by atoms with Crippen molar-refractivity contribution in [2.45, 2.75) is 25.3 Å². The van der Waals surface area contributed by atoms with Crippen LogP contribution in [0.25, 0.3) is 11.0 Å². The number of hydrogen-bond acceptors (Lipinski definition) is 3. The quantitative estimate of drug-likeness (QED) is 0.649. The zero-order valence-electron chi connectivity index (χ0n) is 9.45. The lowest BCUT2D eigenvalue weighted by Crippen LogP contribution is -2.36. The second-order valence-electron chi connectivity index (χ2n) is 4.67. The summed E-state index contributed by atoms with van der Waals surface area (Å²) >= 11 is 5.96. The van der Waals surface area contributed by atoms with Crippen molar-refractivity contribution in [3.05, 3.63) is 35.0 Å². The SMILES string of the molecule is NNC(c1cc2cc(Cl)ccc2o1)C1CCC1. The van der Waals surface area contributed by atoms with Gasteiger partial charge in [-0.05, 0) is 43.0 Å². The number of hydrogen-bond donors (Lipinski definition) is 2. The molecule has 0 aliphatic heterocycles. The van der Waals surface area contributed by atoms with Crippen molar-refractivity contribution < 1.29 is 4.42 Å². The fourth-order valence-electron chi connectivity index (χ4n) is 2.41. The average molecular weight is 251 g/mol. The minimum absolute atomic E-state index is 0.120. The Morgan fingerprint density at radius 3 is 2.82 bits per heavy atom. The predicted molar refractivity (Wildman–Crippen MR) is 68.6 cm³/mol. The van der Waals surface area contributed by atoms with Gasteiger partial charge in [0.05, 0.1) is 6.04 Å². The van der Waals surface area contributed by atoms with E-state index in [1.807, 2.05) is 24.3 Å². The van der Waals surface area contributed by atoms with E-state index in [1.165, 1.54) is 19.3 Å². The fourth-order valence-corrected chi connectivity index (χ4v) is 2.59. The van der Waals surface area contributed by atoms with Gasteiger partial charge in [-0.15, -0.1) is 0 Å². The van der Waals surface area contributed by atoms with Crippen LogP contribution in [0.4, 0.5) is 0 Å². The van der Waals surface area contributed by atoms with Crippen molar-refractivity contribution in [2.75, 3.05) is 0 Å². The summed E-state index contributed by atoms with van der Waals surface area (Å²) in [6, 6.07) is 7.80. The van der Waals surface area contributed by atoms with Crippen molar-refractivity contribution in [3.8, 4) is 0 Å². The van der Waals surface area contributed by atoms with Crippen LogP contribution in [0.15, 0.2) is 28.7 Å². The Morgan fingerprint density at radius 1 is 1.35 bits per heavy atom. The van der Waals surface area contributed by atoms with Gasteiger partial charge in [-0.1, -0.05) is 18.0 Å². The van der Waals surface area contributed by atoms with Crippen LogP contribution in [0.3, 0.4) is 0 Å². The van der Waals surface area contributed by atoms with E-state index in [0.29, 0.717) is 5.92 Å². The summed E-state index contributed by atoms with van der Waals surface area (Å²) in [6.07, 6.45) is 3.72. The third-order valence-corrected chi connectivity index (χ3v) is 3.84. The van der Waals surface area contributed by atoms with Crippen molar-refractivity contribution >= 4 is 22.6 Å². The molecule has 4 heteroatoms. The van der Waals surface area contributed by atoms with E-state index in [1.54, 1.807) is 0 Å². The largest absolute Gasteiger partial charge is 0.459 e. The van der Waals surface area contributed by atoms with Crippen LogP contribution in [0.5, 0.6) is 0 Å². The highest BCUT2D eigenvalue weighted by molar-refractivity contribution is 6.31. The first kappa shape index (κ1) is 11.1. The van der Waals surface area contributed by atoms with Gasteiger partial charge in [-0.3, -0.25) is 5.84 Å². The summed E-state index contributed by atoms with van der Waals surface area (Å²) in [5.74, 6) is 7.14. The molecule has 1 aromatic carbocycles. The Kier molecular flexibility index (Phi) is 2.82. The first-order valence-electron chi connectivity index (χ1n) is 5.93. The molecule has 1 aliphatic carbocycles. The molecular weight excluding hydrogens is 236 g/mol. The van der Waals surface area contributed by atoms with E-state index in [4.69, 9.17) is 21.9 Å². The topological polar surface area (TPSA) is 51.2 Å². The van der Waals surface area contributed by atoms with E-state index in [9.17, 15) is 0 Å². The van der Waals surface area contributed by atoms with Gasteiger partial charge in [0.2, 0.25) is 0 Å². The van der Waals surface area contributed by atoms with Gasteiger partial charge < -0.3 is 4.42 Å². The molecule has 1 fully saturated rings. The van der Waals surface area contributed by atoms with Crippen LogP contribution < -0.4 is 11.3 Å². The minimum atomic E-state index is 0.120. The molecule has 1 unspecified atom stereocenters. The zero-order chi connectivity index (χ0) is 11.8. The summed E-state index contributed by atoms with van der Waals surface area (Å²) < 4.78 is 5.83. The molecule has 1 aliphatic rings. The Balaban J connectivity index is 1.98. The number of halogens is 1. The van der Waals surface area contributed by atoms with Gasteiger partial charge in [0.15, 0.2) is 0 Å². The number of benzene rings is 1. The molecule has 2 aromatic rings. The third-order valence-electron chi connectivity index (χ3n) is 3.60. The van der Waals surface area contributed by atoms with Crippen LogP contribution in [-0.4, -0.2) is 0 Å². The van der Waals surface area contributed by atoms with Gasteiger partial charge in [0, 0.05) is 10.4 Å². The molecule has 3 rings (SSSR count). The second kappa shape index (κ2) is 4.33. The van der Waals surface area contributed by atoms with Crippen molar-refractivity contribution in [2.24, 2.45) is 11.8 Å². The highest BCUT2D eigenvalue weighted by Gasteiger charge is 2.30. The molecule has 1 heterocycles. The van der Waals surface area contributed by atoms with E-state index in [0.717, 1.165) is 21.8 Å². The summed E-state index contributed by atoms with van der Waals surface area (Å²) in [6.45, 7) is 0. The van der Waals surface area contributed by atoms with Crippen molar-refractivity contribution in [3.63, 3.8) is 0 Å². The molecule has 17 heavy (non-hydrogen) atoms. The summed E-state index contributed by atoms with van der Waals surface area (Å²) in [7, 11) is 0. The van der Waals surface area contributed by atoms with Gasteiger partial charge in [-0.25, -0.2) is 5.43 Å². The molecule has 0 saturated heterocycles. The van der Waals surface area contributed by atoms with Crippen LogP contribution in [-0.2, 0) is 0 Å². The number of nitrogens with one attached hydrogen (secondary N) is 1. The Morgan fingerprint density at radius 2 is 2.18 bits per heavy atom. The van der Waals surface area contributed by atoms with E-state index >= 15 is 0 Å². The minimum Gasteiger partial charge on any atom is -0.459 e. The standard InChI is InChI=1S/C13H15ClN2O/c14-10-4-5-11-9(6-10)7-12(17-11)13(16-15)8-2-1-3-8/h4-8,13,16H,1-3,15H2. The first-order valence-corrected chi connectivity index (χ1v) is 6.31. The number of hydrazine groups is 1. The molecule has 1 saturated carbocycles. The highest BCUT2D eigenvalue weighted by atomic mass is 35.5. The van der Waals surface area contributed by atoms with Crippen LogP contribution in [0.1, 0.15) is 31.1 Å². The monoisotopic (exact) mass is 250 g/mol. The number of fused-ring (bicyclic) bond motifs is 1. The van der Waals surface area contributed by atoms with Crippen LogP contribution in [0.2, 0.25) is 5.02 Å². The smallest absolute Gasteiger partial charge is 0.134 e. The molecule has 3 nitrogen and oxygen atoms in total. The summed E-state index contributed by atoms with van der Waals surface area (Å²) in [5.41, 5.74) is 3.73. The van der Waals surface area contributed by atoms with Gasteiger partial charge in [-0.2, -0.15) is 0 Å². The molecule has 0 amide bonds. The number of nitrogens with two attached hydrogens (primary N) is 1. The Labute approximate surface area is 105 Å². The molecule has 0 radical (unpaired) electrons. The summed E-state index contributed by atoms with van der Waals surface area (Å²) in [4.78, 5) is 0. The number of rotatable bonds is 3. The maximum absolute atomic E-state index is 5.96. The highest BCUT2D eigenvalue weighted by Crippen LogP contribution is 2.39. The van der Waals surface area contributed by atoms with Crippen molar-refractivity contribution in [1.82, 2.24) is 5.43 Å². The van der Waals surface area contributed by atoms with Crippen LogP contribution >= 0.6 is 11.6 Å².